The average Bonchev–Trinajstić information content (AvgIpc) is 2.92. The topological polar surface area (TPSA) is 76.1 Å². The van der Waals surface area contributed by atoms with Gasteiger partial charge in [-0.1, -0.05) is 0 Å². The van der Waals surface area contributed by atoms with Crippen molar-refractivity contribution in [1.82, 2.24) is 15.3 Å². The number of carbonyl (C=O) groups excluding carboxylic acids is 1. The van der Waals surface area contributed by atoms with Crippen molar-refractivity contribution in [1.29, 1.82) is 0 Å². The summed E-state index contributed by atoms with van der Waals surface area (Å²) >= 11 is 0. The first kappa shape index (κ1) is 12.8. The number of rotatable bonds is 4. The fourth-order valence-corrected chi connectivity index (χ4v) is 1.94. The first-order valence-corrected chi connectivity index (χ1v) is 6.09. The molecular weight excluding hydrogens is 232 g/mol. The smallest absolute Gasteiger partial charge is 0.271 e. The van der Waals surface area contributed by atoms with Gasteiger partial charge in [-0.25, -0.2) is 4.98 Å². The quantitative estimate of drug-likeness (QED) is 0.821. The van der Waals surface area contributed by atoms with Crippen LogP contribution < -0.4 is 10.6 Å². The van der Waals surface area contributed by atoms with Gasteiger partial charge < -0.3 is 15.4 Å². The molecule has 0 bridgehead atoms. The Balaban J connectivity index is 1.97. The molecule has 2 heterocycles. The van der Waals surface area contributed by atoms with E-state index in [4.69, 9.17) is 4.74 Å². The molecule has 2 atom stereocenters. The lowest BCUT2D eigenvalue weighted by Gasteiger charge is -2.18. The van der Waals surface area contributed by atoms with Crippen molar-refractivity contribution in [2.24, 2.45) is 5.92 Å². The van der Waals surface area contributed by atoms with E-state index < -0.39 is 0 Å². The van der Waals surface area contributed by atoms with Crippen LogP contribution in [0.15, 0.2) is 12.4 Å². The highest BCUT2D eigenvalue weighted by atomic mass is 16.5. The van der Waals surface area contributed by atoms with E-state index in [1.165, 1.54) is 6.20 Å². The van der Waals surface area contributed by atoms with Gasteiger partial charge >= 0.3 is 0 Å². The third-order valence-electron chi connectivity index (χ3n) is 3.15. The predicted octanol–water partition coefficient (Wildman–Crippen LogP) is 0.673. The van der Waals surface area contributed by atoms with E-state index in [1.807, 2.05) is 6.92 Å². The van der Waals surface area contributed by atoms with E-state index >= 15 is 0 Å². The van der Waals surface area contributed by atoms with Crippen LogP contribution in [0.3, 0.4) is 0 Å². The Labute approximate surface area is 106 Å². The molecule has 98 valence electrons. The number of nitrogens with one attached hydrogen (secondary N) is 2. The fourth-order valence-electron chi connectivity index (χ4n) is 1.94. The van der Waals surface area contributed by atoms with Crippen molar-refractivity contribution in [3.05, 3.63) is 18.1 Å². The van der Waals surface area contributed by atoms with Crippen molar-refractivity contribution >= 4 is 11.7 Å². The van der Waals surface area contributed by atoms with Crippen LogP contribution in [0.25, 0.3) is 0 Å². The van der Waals surface area contributed by atoms with Crippen LogP contribution in [0.1, 0.15) is 23.8 Å². The summed E-state index contributed by atoms with van der Waals surface area (Å²) in [5, 5.41) is 5.80. The van der Waals surface area contributed by atoms with Gasteiger partial charge in [-0.2, -0.15) is 0 Å². The van der Waals surface area contributed by atoms with Crippen LogP contribution in [0, 0.1) is 5.92 Å². The van der Waals surface area contributed by atoms with E-state index in [-0.39, 0.29) is 11.9 Å². The minimum atomic E-state index is -0.195. The van der Waals surface area contributed by atoms with Crippen LogP contribution in [0.4, 0.5) is 5.82 Å². The molecule has 1 amide bonds. The van der Waals surface area contributed by atoms with E-state index in [2.05, 4.69) is 20.6 Å². The summed E-state index contributed by atoms with van der Waals surface area (Å²) in [6, 6.07) is 0.0834. The van der Waals surface area contributed by atoms with Gasteiger partial charge in [-0.05, 0) is 13.3 Å². The summed E-state index contributed by atoms with van der Waals surface area (Å²) in [6.07, 6.45) is 4.03. The first-order valence-electron chi connectivity index (χ1n) is 6.09. The molecule has 1 aliphatic rings. The molecule has 18 heavy (non-hydrogen) atoms. The Kier molecular flexibility index (Phi) is 4.09. The second kappa shape index (κ2) is 5.77. The number of amides is 1. The van der Waals surface area contributed by atoms with E-state index in [0.717, 1.165) is 13.0 Å². The summed E-state index contributed by atoms with van der Waals surface area (Å²) < 4.78 is 5.31. The molecule has 0 aliphatic carbocycles. The maximum absolute atomic E-state index is 12.0. The highest BCUT2D eigenvalue weighted by Crippen LogP contribution is 2.16. The molecule has 6 nitrogen and oxygen atoms in total. The largest absolute Gasteiger partial charge is 0.381 e. The maximum atomic E-state index is 12.0. The fraction of sp³-hybridized carbons (Fsp3) is 0.583. The lowest BCUT2D eigenvalue weighted by Crippen LogP contribution is -2.38. The molecule has 6 heteroatoms. The van der Waals surface area contributed by atoms with Gasteiger partial charge in [-0.15, -0.1) is 0 Å². The predicted molar refractivity (Wildman–Crippen MR) is 67.4 cm³/mol. The number of nitrogens with zero attached hydrogens (tertiary/aromatic N) is 2. The number of hydrogen-bond acceptors (Lipinski definition) is 5. The van der Waals surface area contributed by atoms with Gasteiger partial charge in [-0.3, -0.25) is 9.78 Å². The highest BCUT2D eigenvalue weighted by Gasteiger charge is 2.24. The monoisotopic (exact) mass is 250 g/mol. The van der Waals surface area contributed by atoms with E-state index in [9.17, 15) is 4.79 Å². The highest BCUT2D eigenvalue weighted by molar-refractivity contribution is 5.92. The van der Waals surface area contributed by atoms with Crippen molar-refractivity contribution in [3.63, 3.8) is 0 Å². The number of carbonyl (C=O) groups is 1. The van der Waals surface area contributed by atoms with Crippen molar-refractivity contribution < 1.29 is 9.53 Å². The molecule has 1 aromatic heterocycles. The Morgan fingerprint density at radius 2 is 2.39 bits per heavy atom. The number of hydrogen-bond donors (Lipinski definition) is 2. The van der Waals surface area contributed by atoms with Crippen LogP contribution in [-0.4, -0.2) is 42.2 Å². The van der Waals surface area contributed by atoms with Gasteiger partial charge in [0.25, 0.3) is 5.91 Å². The lowest BCUT2D eigenvalue weighted by molar-refractivity contribution is 0.0917. The second-order valence-corrected chi connectivity index (χ2v) is 4.43. The SMILES string of the molecule is CNc1cncc(C(=O)NC(C)C2CCOC2)n1. The Morgan fingerprint density at radius 1 is 1.56 bits per heavy atom. The van der Waals surface area contributed by atoms with Gasteiger partial charge in [0.05, 0.1) is 19.0 Å². The molecule has 2 unspecified atom stereocenters. The minimum absolute atomic E-state index is 0.0834. The molecule has 1 saturated heterocycles. The van der Waals surface area contributed by atoms with Crippen LogP contribution in [0.2, 0.25) is 0 Å². The lowest BCUT2D eigenvalue weighted by atomic mass is 10.0. The Bertz CT molecular complexity index is 418. The van der Waals surface area contributed by atoms with Crippen LogP contribution in [-0.2, 0) is 4.74 Å². The summed E-state index contributed by atoms with van der Waals surface area (Å²) in [5.74, 6) is 0.771. The second-order valence-electron chi connectivity index (χ2n) is 4.43. The van der Waals surface area contributed by atoms with Crippen molar-refractivity contribution in [2.45, 2.75) is 19.4 Å². The van der Waals surface area contributed by atoms with Gasteiger partial charge in [0.1, 0.15) is 11.5 Å². The number of ether oxygens (including phenoxy) is 1. The zero-order chi connectivity index (χ0) is 13.0. The summed E-state index contributed by atoms with van der Waals surface area (Å²) in [6.45, 7) is 3.48. The Hall–Kier alpha value is -1.69. The van der Waals surface area contributed by atoms with Crippen LogP contribution >= 0.6 is 0 Å². The summed E-state index contributed by atoms with van der Waals surface area (Å²) in [5.41, 5.74) is 0.326. The standard InChI is InChI=1S/C12H18N4O2/c1-8(9-3-4-18-7-9)15-12(17)10-5-14-6-11(13-2)16-10/h5-6,8-9H,3-4,7H2,1-2H3,(H,13,16)(H,15,17). The zero-order valence-corrected chi connectivity index (χ0v) is 10.6. The molecule has 1 aromatic rings. The van der Waals surface area contributed by atoms with Crippen molar-refractivity contribution in [2.75, 3.05) is 25.6 Å². The summed E-state index contributed by atoms with van der Waals surface area (Å²) in [7, 11) is 1.74. The minimum Gasteiger partial charge on any atom is -0.381 e. The van der Waals surface area contributed by atoms with Crippen molar-refractivity contribution in [3.8, 4) is 0 Å². The molecule has 0 radical (unpaired) electrons. The first-order chi connectivity index (χ1) is 8.70. The van der Waals surface area contributed by atoms with E-state index in [1.54, 1.807) is 13.2 Å². The molecule has 0 spiro atoms. The maximum Gasteiger partial charge on any atom is 0.271 e. The average molecular weight is 250 g/mol. The van der Waals surface area contributed by atoms with E-state index in [0.29, 0.717) is 24.0 Å². The summed E-state index contributed by atoms with van der Waals surface area (Å²) in [4.78, 5) is 20.1. The number of anilines is 1. The van der Waals surface area contributed by atoms with Gasteiger partial charge in [0.15, 0.2) is 0 Å². The molecule has 0 aromatic carbocycles. The zero-order valence-electron chi connectivity index (χ0n) is 10.6. The molecule has 2 N–H and O–H groups in total. The molecule has 0 saturated carbocycles. The third kappa shape index (κ3) is 2.95. The molecular formula is C12H18N4O2. The van der Waals surface area contributed by atoms with Gasteiger partial charge in [0.2, 0.25) is 0 Å². The number of aromatic nitrogens is 2. The van der Waals surface area contributed by atoms with Gasteiger partial charge in [0, 0.05) is 25.6 Å². The van der Waals surface area contributed by atoms with Crippen LogP contribution in [0.5, 0.6) is 0 Å². The molecule has 2 rings (SSSR count). The molecule has 1 fully saturated rings. The third-order valence-corrected chi connectivity index (χ3v) is 3.15. The Morgan fingerprint density at radius 3 is 3.06 bits per heavy atom. The normalized spacial score (nSPS) is 20.4. The molecule has 1 aliphatic heterocycles.